The summed E-state index contributed by atoms with van der Waals surface area (Å²) in [4.78, 5) is 20.2. The molecule has 0 unspecified atom stereocenters. The first-order valence-corrected chi connectivity index (χ1v) is 11.4. The standard InChI is InChI=1S/C20H21ClN2O2S2/c1-2-10-23-19(24)17-15-4-3-5-16(15)27-18(17)22-20(23)26-12-11-25-14-8-6-13(21)7-9-14/h6-9H,2-5,10-12H2,1H3. The molecule has 0 bridgehead atoms. The molecular weight excluding hydrogens is 400 g/mol. The van der Waals surface area contributed by atoms with Gasteiger partial charge in [-0.2, -0.15) is 0 Å². The lowest BCUT2D eigenvalue weighted by Crippen LogP contribution is -2.23. The van der Waals surface area contributed by atoms with Crippen LogP contribution in [0.25, 0.3) is 10.2 Å². The maximum atomic E-state index is 13.1. The average Bonchev–Trinajstić information content (AvgIpc) is 3.24. The second kappa shape index (κ2) is 8.25. The van der Waals surface area contributed by atoms with Gasteiger partial charge in [0.2, 0.25) is 0 Å². The zero-order valence-electron chi connectivity index (χ0n) is 15.2. The highest BCUT2D eigenvalue weighted by atomic mass is 35.5. The number of halogens is 1. The van der Waals surface area contributed by atoms with Gasteiger partial charge in [-0.3, -0.25) is 9.36 Å². The van der Waals surface area contributed by atoms with E-state index in [2.05, 4.69) is 6.92 Å². The fourth-order valence-electron chi connectivity index (χ4n) is 3.41. The summed E-state index contributed by atoms with van der Waals surface area (Å²) in [5.41, 5.74) is 1.38. The van der Waals surface area contributed by atoms with Crippen molar-refractivity contribution in [3.63, 3.8) is 0 Å². The molecule has 0 aliphatic heterocycles. The van der Waals surface area contributed by atoms with Crippen molar-refractivity contribution in [2.75, 3.05) is 12.4 Å². The summed E-state index contributed by atoms with van der Waals surface area (Å²) in [7, 11) is 0. The Hall–Kier alpha value is -1.50. The van der Waals surface area contributed by atoms with Crippen molar-refractivity contribution in [2.24, 2.45) is 0 Å². The van der Waals surface area contributed by atoms with Crippen LogP contribution in [0.15, 0.2) is 34.2 Å². The third-order valence-electron chi connectivity index (χ3n) is 4.63. The zero-order valence-corrected chi connectivity index (χ0v) is 17.6. The number of hydrogen-bond acceptors (Lipinski definition) is 5. The van der Waals surface area contributed by atoms with Crippen LogP contribution in [0.2, 0.25) is 5.02 Å². The first-order valence-electron chi connectivity index (χ1n) is 9.23. The van der Waals surface area contributed by atoms with Gasteiger partial charge in [0.1, 0.15) is 10.6 Å². The lowest BCUT2D eigenvalue weighted by molar-refractivity contribution is 0.344. The Morgan fingerprint density at radius 2 is 2.11 bits per heavy atom. The lowest BCUT2D eigenvalue weighted by Gasteiger charge is -2.12. The maximum Gasteiger partial charge on any atom is 0.263 e. The zero-order chi connectivity index (χ0) is 18.8. The predicted octanol–water partition coefficient (Wildman–Crippen LogP) is 5.18. The van der Waals surface area contributed by atoms with E-state index in [1.807, 2.05) is 28.8 Å². The van der Waals surface area contributed by atoms with Crippen LogP contribution in [0.4, 0.5) is 0 Å². The molecule has 1 aliphatic carbocycles. The van der Waals surface area contributed by atoms with E-state index >= 15 is 0 Å². The third kappa shape index (κ3) is 3.89. The predicted molar refractivity (Wildman–Crippen MR) is 114 cm³/mol. The van der Waals surface area contributed by atoms with E-state index in [0.717, 1.165) is 52.6 Å². The van der Waals surface area contributed by atoms with E-state index in [1.165, 1.54) is 10.4 Å². The largest absolute Gasteiger partial charge is 0.493 e. The summed E-state index contributed by atoms with van der Waals surface area (Å²) in [6.45, 7) is 3.34. The van der Waals surface area contributed by atoms with Crippen molar-refractivity contribution in [3.05, 3.63) is 50.1 Å². The molecule has 0 fully saturated rings. The number of nitrogens with zero attached hydrogens (tertiary/aromatic N) is 2. The number of rotatable bonds is 7. The first-order chi connectivity index (χ1) is 13.2. The van der Waals surface area contributed by atoms with Crippen LogP contribution < -0.4 is 10.3 Å². The molecule has 7 heteroatoms. The third-order valence-corrected chi connectivity index (χ3v) is 7.01. The van der Waals surface area contributed by atoms with Gasteiger partial charge in [-0.05, 0) is 55.5 Å². The average molecular weight is 421 g/mol. The molecule has 1 aliphatic rings. The molecule has 2 heterocycles. The number of ether oxygens (including phenoxy) is 1. The number of fused-ring (bicyclic) bond motifs is 3. The molecule has 0 saturated heterocycles. The number of hydrogen-bond donors (Lipinski definition) is 0. The molecule has 0 saturated carbocycles. The van der Waals surface area contributed by atoms with Crippen LogP contribution >= 0.6 is 34.7 Å². The minimum atomic E-state index is 0.127. The van der Waals surface area contributed by atoms with Gasteiger partial charge in [-0.15, -0.1) is 11.3 Å². The number of aryl methyl sites for hydroxylation is 2. The Kier molecular flexibility index (Phi) is 5.76. The van der Waals surface area contributed by atoms with E-state index in [1.54, 1.807) is 23.1 Å². The van der Waals surface area contributed by atoms with Crippen LogP contribution in [0.1, 0.15) is 30.2 Å². The summed E-state index contributed by atoms with van der Waals surface area (Å²) >= 11 is 9.17. The summed E-state index contributed by atoms with van der Waals surface area (Å²) in [6, 6.07) is 7.35. The summed E-state index contributed by atoms with van der Waals surface area (Å²) in [6.07, 6.45) is 4.16. The molecule has 4 nitrogen and oxygen atoms in total. The van der Waals surface area contributed by atoms with Crippen LogP contribution in [-0.2, 0) is 19.4 Å². The molecule has 2 aromatic heterocycles. The van der Waals surface area contributed by atoms with Crippen LogP contribution in [0, 0.1) is 0 Å². The molecule has 0 atom stereocenters. The maximum absolute atomic E-state index is 13.1. The van der Waals surface area contributed by atoms with Crippen molar-refractivity contribution in [1.29, 1.82) is 0 Å². The van der Waals surface area contributed by atoms with Gasteiger partial charge in [-0.25, -0.2) is 4.98 Å². The van der Waals surface area contributed by atoms with E-state index < -0.39 is 0 Å². The fraction of sp³-hybridized carbons (Fsp3) is 0.400. The molecular formula is C20H21ClN2O2S2. The quantitative estimate of drug-likeness (QED) is 0.300. The fourth-order valence-corrected chi connectivity index (χ4v) is 5.68. The molecule has 142 valence electrons. The van der Waals surface area contributed by atoms with Gasteiger partial charge in [0.05, 0.1) is 12.0 Å². The van der Waals surface area contributed by atoms with Gasteiger partial charge in [0, 0.05) is 22.2 Å². The molecule has 0 amide bonds. The number of aromatic nitrogens is 2. The number of thioether (sulfide) groups is 1. The van der Waals surface area contributed by atoms with E-state index in [9.17, 15) is 4.79 Å². The Morgan fingerprint density at radius 3 is 2.89 bits per heavy atom. The Morgan fingerprint density at radius 1 is 1.30 bits per heavy atom. The SMILES string of the molecule is CCCn1c(SCCOc2ccc(Cl)cc2)nc2sc3c(c2c1=O)CCC3. The summed E-state index contributed by atoms with van der Waals surface area (Å²) < 4.78 is 7.61. The van der Waals surface area contributed by atoms with E-state index in [4.69, 9.17) is 21.3 Å². The molecule has 27 heavy (non-hydrogen) atoms. The Balaban J connectivity index is 1.52. The number of thiophene rings is 1. The molecule has 0 N–H and O–H groups in total. The van der Waals surface area contributed by atoms with Crippen LogP contribution in [-0.4, -0.2) is 21.9 Å². The van der Waals surface area contributed by atoms with Crippen molar-refractivity contribution < 1.29 is 4.74 Å². The monoisotopic (exact) mass is 420 g/mol. The topological polar surface area (TPSA) is 44.1 Å². The van der Waals surface area contributed by atoms with Crippen molar-refractivity contribution in [1.82, 2.24) is 9.55 Å². The highest BCUT2D eigenvalue weighted by Gasteiger charge is 2.23. The smallest absolute Gasteiger partial charge is 0.263 e. The molecule has 0 spiro atoms. The van der Waals surface area contributed by atoms with Gasteiger partial charge >= 0.3 is 0 Å². The Bertz CT molecular complexity index is 1010. The molecule has 4 rings (SSSR count). The van der Waals surface area contributed by atoms with Crippen molar-refractivity contribution in [3.8, 4) is 5.75 Å². The van der Waals surface area contributed by atoms with Gasteiger partial charge in [0.15, 0.2) is 5.16 Å². The van der Waals surface area contributed by atoms with Crippen molar-refractivity contribution >= 4 is 44.9 Å². The molecule has 0 radical (unpaired) electrons. The molecule has 3 aromatic rings. The van der Waals surface area contributed by atoms with E-state index in [-0.39, 0.29) is 5.56 Å². The van der Waals surface area contributed by atoms with Gasteiger partial charge in [0.25, 0.3) is 5.56 Å². The summed E-state index contributed by atoms with van der Waals surface area (Å²) in [5, 5.41) is 2.36. The van der Waals surface area contributed by atoms with Crippen LogP contribution in [0.3, 0.4) is 0 Å². The van der Waals surface area contributed by atoms with Crippen molar-refractivity contribution in [2.45, 2.75) is 44.3 Å². The highest BCUT2D eigenvalue weighted by Crippen LogP contribution is 2.35. The van der Waals surface area contributed by atoms with Gasteiger partial charge < -0.3 is 4.74 Å². The molecule has 1 aromatic carbocycles. The second-order valence-corrected chi connectivity index (χ2v) is 9.12. The second-order valence-electron chi connectivity index (χ2n) is 6.54. The lowest BCUT2D eigenvalue weighted by atomic mass is 10.2. The summed E-state index contributed by atoms with van der Waals surface area (Å²) in [5.74, 6) is 1.53. The minimum Gasteiger partial charge on any atom is -0.493 e. The Labute approximate surface area is 171 Å². The first kappa shape index (κ1) is 18.8. The van der Waals surface area contributed by atoms with E-state index in [0.29, 0.717) is 18.2 Å². The minimum absolute atomic E-state index is 0.127. The van der Waals surface area contributed by atoms with Gasteiger partial charge in [-0.1, -0.05) is 30.3 Å². The highest BCUT2D eigenvalue weighted by molar-refractivity contribution is 7.99. The normalized spacial score (nSPS) is 13.3. The number of benzene rings is 1. The van der Waals surface area contributed by atoms with Crippen LogP contribution in [0.5, 0.6) is 5.75 Å².